The molecule has 2 rings (SSSR count). The fraction of sp³-hybridized carbons (Fsp3) is 0.364. The monoisotopic (exact) mass is 209 g/mol. The van der Waals surface area contributed by atoms with E-state index in [1.807, 2.05) is 0 Å². The second-order valence-electron chi connectivity index (χ2n) is 3.83. The van der Waals surface area contributed by atoms with Gasteiger partial charge in [-0.2, -0.15) is 0 Å². The third kappa shape index (κ3) is 1.72. The van der Waals surface area contributed by atoms with Gasteiger partial charge in [-0.3, -0.25) is 0 Å². The van der Waals surface area contributed by atoms with Crippen LogP contribution in [-0.4, -0.2) is 11.1 Å². The van der Waals surface area contributed by atoms with Crippen molar-refractivity contribution in [1.29, 1.82) is 0 Å². The van der Waals surface area contributed by atoms with Crippen molar-refractivity contribution in [2.45, 2.75) is 25.3 Å². The number of carboxylic acid groups (broad SMARTS) is 1. The third-order valence-corrected chi connectivity index (χ3v) is 2.82. The first-order chi connectivity index (χ1) is 7.09. The summed E-state index contributed by atoms with van der Waals surface area (Å²) in [5, 5.41) is 8.94. The molecule has 0 amide bonds. The number of hydrogen-bond acceptors (Lipinski definition) is 2. The van der Waals surface area contributed by atoms with Crippen LogP contribution in [0.4, 0.5) is 4.39 Å². The standard InChI is InChI=1S/C11H12FNO2/c12-6-4-8-7(2-1-3-10(8)13)9(5-6)11(14)15/h4-5,10H,1-3,13H2,(H,14,15)/t10-/m1/s1. The number of nitrogens with two attached hydrogens (primary N) is 1. The van der Waals surface area contributed by atoms with E-state index in [1.54, 1.807) is 0 Å². The maximum absolute atomic E-state index is 13.2. The fourth-order valence-electron chi connectivity index (χ4n) is 2.11. The molecule has 1 aromatic rings. The molecule has 0 spiro atoms. The average Bonchev–Trinajstić information content (AvgIpc) is 2.18. The third-order valence-electron chi connectivity index (χ3n) is 2.82. The Morgan fingerprint density at radius 2 is 2.27 bits per heavy atom. The van der Waals surface area contributed by atoms with Gasteiger partial charge < -0.3 is 10.8 Å². The summed E-state index contributed by atoms with van der Waals surface area (Å²) in [6, 6.07) is 2.19. The van der Waals surface area contributed by atoms with Crippen LogP contribution in [0, 0.1) is 5.82 Å². The van der Waals surface area contributed by atoms with Gasteiger partial charge in [-0.05, 0) is 42.5 Å². The molecule has 1 atom stereocenters. The molecular formula is C11H12FNO2. The van der Waals surface area contributed by atoms with Crippen molar-refractivity contribution in [3.63, 3.8) is 0 Å². The van der Waals surface area contributed by atoms with Crippen LogP contribution in [0.15, 0.2) is 12.1 Å². The zero-order chi connectivity index (χ0) is 11.0. The molecule has 0 saturated carbocycles. The van der Waals surface area contributed by atoms with Gasteiger partial charge in [0.15, 0.2) is 0 Å². The number of benzene rings is 1. The smallest absolute Gasteiger partial charge is 0.336 e. The molecule has 0 bridgehead atoms. The second kappa shape index (κ2) is 3.62. The van der Waals surface area contributed by atoms with Gasteiger partial charge in [0.1, 0.15) is 5.82 Å². The Balaban J connectivity index is 2.62. The highest BCUT2D eigenvalue weighted by Gasteiger charge is 2.23. The Labute approximate surface area is 86.7 Å². The second-order valence-corrected chi connectivity index (χ2v) is 3.83. The summed E-state index contributed by atoms with van der Waals surface area (Å²) in [6.45, 7) is 0. The lowest BCUT2D eigenvalue weighted by Crippen LogP contribution is -2.20. The van der Waals surface area contributed by atoms with Gasteiger partial charge in [0.05, 0.1) is 5.56 Å². The lowest BCUT2D eigenvalue weighted by molar-refractivity contribution is 0.0694. The maximum Gasteiger partial charge on any atom is 0.336 e. The molecule has 0 fully saturated rings. The van der Waals surface area contributed by atoms with Crippen molar-refractivity contribution in [3.05, 3.63) is 34.6 Å². The van der Waals surface area contributed by atoms with E-state index in [0.717, 1.165) is 18.9 Å². The summed E-state index contributed by atoms with van der Waals surface area (Å²) in [5.74, 6) is -1.61. The van der Waals surface area contributed by atoms with Gasteiger partial charge in [-0.25, -0.2) is 9.18 Å². The molecule has 0 aromatic heterocycles. The molecule has 1 aromatic carbocycles. The minimum Gasteiger partial charge on any atom is -0.478 e. The molecule has 15 heavy (non-hydrogen) atoms. The first-order valence-electron chi connectivity index (χ1n) is 4.91. The zero-order valence-electron chi connectivity index (χ0n) is 8.16. The van der Waals surface area contributed by atoms with Crippen LogP contribution in [0.1, 0.15) is 40.4 Å². The van der Waals surface area contributed by atoms with Gasteiger partial charge in [0, 0.05) is 6.04 Å². The van der Waals surface area contributed by atoms with Gasteiger partial charge in [-0.15, -0.1) is 0 Å². The quantitative estimate of drug-likeness (QED) is 0.742. The summed E-state index contributed by atoms with van der Waals surface area (Å²) in [7, 11) is 0. The van der Waals surface area contributed by atoms with E-state index in [4.69, 9.17) is 10.8 Å². The average molecular weight is 209 g/mol. The largest absolute Gasteiger partial charge is 0.478 e. The summed E-state index contributed by atoms with van der Waals surface area (Å²) in [4.78, 5) is 10.9. The van der Waals surface area contributed by atoms with E-state index in [0.29, 0.717) is 17.5 Å². The highest BCUT2D eigenvalue weighted by molar-refractivity contribution is 5.90. The Bertz CT molecular complexity index is 417. The van der Waals surface area contributed by atoms with Gasteiger partial charge in [0.25, 0.3) is 0 Å². The molecule has 0 heterocycles. The molecule has 4 heteroatoms. The minimum atomic E-state index is -1.08. The number of rotatable bonds is 1. The fourth-order valence-corrected chi connectivity index (χ4v) is 2.11. The van der Waals surface area contributed by atoms with E-state index < -0.39 is 11.8 Å². The van der Waals surface area contributed by atoms with Gasteiger partial charge >= 0.3 is 5.97 Å². The van der Waals surface area contributed by atoms with E-state index in [9.17, 15) is 9.18 Å². The summed E-state index contributed by atoms with van der Waals surface area (Å²) in [6.07, 6.45) is 2.32. The van der Waals surface area contributed by atoms with Gasteiger partial charge in [-0.1, -0.05) is 0 Å². The molecule has 3 N–H and O–H groups in total. The number of aromatic carboxylic acids is 1. The first kappa shape index (κ1) is 10.1. The number of halogens is 1. The Morgan fingerprint density at radius 3 is 2.93 bits per heavy atom. The van der Waals surface area contributed by atoms with E-state index in [1.165, 1.54) is 6.07 Å². The highest BCUT2D eigenvalue weighted by Crippen LogP contribution is 2.31. The topological polar surface area (TPSA) is 63.3 Å². The molecule has 0 saturated heterocycles. The van der Waals surface area contributed by atoms with Crippen LogP contribution < -0.4 is 5.73 Å². The maximum atomic E-state index is 13.2. The van der Waals surface area contributed by atoms with Crippen molar-refractivity contribution in [2.75, 3.05) is 0 Å². The zero-order valence-corrected chi connectivity index (χ0v) is 8.16. The summed E-state index contributed by atoms with van der Waals surface area (Å²) < 4.78 is 13.2. The van der Waals surface area contributed by atoms with E-state index in [-0.39, 0.29) is 11.6 Å². The van der Waals surface area contributed by atoms with Crippen molar-refractivity contribution in [3.8, 4) is 0 Å². The number of carboxylic acids is 1. The van der Waals surface area contributed by atoms with Crippen LogP contribution >= 0.6 is 0 Å². The van der Waals surface area contributed by atoms with Crippen molar-refractivity contribution >= 4 is 5.97 Å². The van der Waals surface area contributed by atoms with Crippen molar-refractivity contribution < 1.29 is 14.3 Å². The Kier molecular flexibility index (Phi) is 2.44. The Hall–Kier alpha value is -1.42. The molecular weight excluding hydrogens is 197 g/mol. The first-order valence-corrected chi connectivity index (χ1v) is 4.91. The number of fused-ring (bicyclic) bond motifs is 1. The number of carbonyl (C=O) groups is 1. The van der Waals surface area contributed by atoms with Crippen LogP contribution in [0.5, 0.6) is 0 Å². The van der Waals surface area contributed by atoms with E-state index >= 15 is 0 Å². The molecule has 1 aliphatic rings. The molecule has 3 nitrogen and oxygen atoms in total. The number of hydrogen-bond donors (Lipinski definition) is 2. The lowest BCUT2D eigenvalue weighted by atomic mass is 9.85. The van der Waals surface area contributed by atoms with Crippen LogP contribution in [0.25, 0.3) is 0 Å². The van der Waals surface area contributed by atoms with Gasteiger partial charge in [0.2, 0.25) is 0 Å². The van der Waals surface area contributed by atoms with Crippen molar-refractivity contribution in [2.24, 2.45) is 5.73 Å². The normalized spacial score (nSPS) is 19.7. The van der Waals surface area contributed by atoms with Crippen LogP contribution in [0.2, 0.25) is 0 Å². The predicted molar refractivity (Wildman–Crippen MR) is 53.2 cm³/mol. The molecule has 0 radical (unpaired) electrons. The van der Waals surface area contributed by atoms with E-state index in [2.05, 4.69) is 0 Å². The molecule has 0 aliphatic heterocycles. The highest BCUT2D eigenvalue weighted by atomic mass is 19.1. The predicted octanol–water partition coefficient (Wildman–Crippen LogP) is 1.86. The Morgan fingerprint density at radius 1 is 1.53 bits per heavy atom. The molecule has 1 aliphatic carbocycles. The SMILES string of the molecule is N[C@@H]1CCCc2c(C(=O)O)cc(F)cc21. The summed E-state index contributed by atoms with van der Waals surface area (Å²) >= 11 is 0. The molecule has 80 valence electrons. The van der Waals surface area contributed by atoms with Crippen molar-refractivity contribution in [1.82, 2.24) is 0 Å². The van der Waals surface area contributed by atoms with Crippen LogP contribution in [0.3, 0.4) is 0 Å². The summed E-state index contributed by atoms with van der Waals surface area (Å²) in [5.41, 5.74) is 7.23. The molecule has 0 unspecified atom stereocenters. The lowest BCUT2D eigenvalue weighted by Gasteiger charge is -2.23. The van der Waals surface area contributed by atoms with Crippen LogP contribution in [-0.2, 0) is 6.42 Å². The minimum absolute atomic E-state index is 0.0557.